The van der Waals surface area contributed by atoms with E-state index in [1.165, 1.54) is 5.56 Å². The molecule has 0 radical (unpaired) electrons. The largest absolute Gasteiger partial charge is 0.493 e. The highest BCUT2D eigenvalue weighted by molar-refractivity contribution is 5.43. The second-order valence-corrected chi connectivity index (χ2v) is 4.90. The van der Waals surface area contributed by atoms with Crippen LogP contribution in [0, 0.1) is 0 Å². The van der Waals surface area contributed by atoms with Crippen LogP contribution in [0.2, 0.25) is 0 Å². The molecule has 1 N–H and O–H groups in total. The standard InChI is InChI=1S/C15H25NO3/c1-11(2)16-9-13-6-7-14(15(8-13)18-5)19-12(3)10-17-4/h6-8,11-12,16H,9-10H2,1-5H3. The number of ether oxygens (including phenoxy) is 3. The summed E-state index contributed by atoms with van der Waals surface area (Å²) in [6.07, 6.45) is -0.00135. The summed E-state index contributed by atoms with van der Waals surface area (Å²) < 4.78 is 16.2. The molecule has 19 heavy (non-hydrogen) atoms. The van der Waals surface area contributed by atoms with Crippen molar-refractivity contribution in [2.75, 3.05) is 20.8 Å². The van der Waals surface area contributed by atoms with Gasteiger partial charge < -0.3 is 19.5 Å². The van der Waals surface area contributed by atoms with E-state index in [-0.39, 0.29) is 6.10 Å². The Hall–Kier alpha value is -1.26. The average molecular weight is 267 g/mol. The molecule has 0 aliphatic carbocycles. The Kier molecular flexibility index (Phi) is 6.67. The molecule has 108 valence electrons. The molecule has 4 nitrogen and oxygen atoms in total. The number of rotatable bonds is 8. The summed E-state index contributed by atoms with van der Waals surface area (Å²) in [6, 6.07) is 6.46. The van der Waals surface area contributed by atoms with E-state index >= 15 is 0 Å². The lowest BCUT2D eigenvalue weighted by atomic mass is 10.2. The van der Waals surface area contributed by atoms with E-state index in [0.717, 1.165) is 18.0 Å². The topological polar surface area (TPSA) is 39.7 Å². The minimum atomic E-state index is -0.00135. The summed E-state index contributed by atoms with van der Waals surface area (Å²) >= 11 is 0. The molecule has 0 saturated heterocycles. The van der Waals surface area contributed by atoms with E-state index in [2.05, 4.69) is 19.2 Å². The van der Waals surface area contributed by atoms with Gasteiger partial charge in [0.1, 0.15) is 6.10 Å². The van der Waals surface area contributed by atoms with E-state index < -0.39 is 0 Å². The fourth-order valence-corrected chi connectivity index (χ4v) is 1.73. The van der Waals surface area contributed by atoms with Gasteiger partial charge in [-0.1, -0.05) is 19.9 Å². The third kappa shape index (κ3) is 5.49. The first-order valence-electron chi connectivity index (χ1n) is 6.62. The second-order valence-electron chi connectivity index (χ2n) is 4.90. The van der Waals surface area contributed by atoms with Crippen LogP contribution in [0.1, 0.15) is 26.3 Å². The van der Waals surface area contributed by atoms with Gasteiger partial charge >= 0.3 is 0 Å². The first-order chi connectivity index (χ1) is 9.06. The molecule has 0 aliphatic heterocycles. The Labute approximate surface area is 116 Å². The van der Waals surface area contributed by atoms with Crippen molar-refractivity contribution >= 4 is 0 Å². The molecule has 0 bridgehead atoms. The van der Waals surface area contributed by atoms with E-state index in [4.69, 9.17) is 14.2 Å². The average Bonchev–Trinajstić information content (AvgIpc) is 2.37. The zero-order valence-electron chi connectivity index (χ0n) is 12.5. The van der Waals surface area contributed by atoms with Crippen LogP contribution >= 0.6 is 0 Å². The Balaban J connectivity index is 2.72. The smallest absolute Gasteiger partial charge is 0.161 e. The SMILES string of the molecule is COCC(C)Oc1ccc(CNC(C)C)cc1OC. The summed E-state index contributed by atoms with van der Waals surface area (Å²) in [5.74, 6) is 1.51. The zero-order chi connectivity index (χ0) is 14.3. The highest BCUT2D eigenvalue weighted by Crippen LogP contribution is 2.29. The van der Waals surface area contributed by atoms with Crippen LogP contribution in [0.3, 0.4) is 0 Å². The Morgan fingerprint density at radius 1 is 1.11 bits per heavy atom. The van der Waals surface area contributed by atoms with Gasteiger partial charge in [0.05, 0.1) is 13.7 Å². The van der Waals surface area contributed by atoms with E-state index in [0.29, 0.717) is 12.6 Å². The summed E-state index contributed by atoms with van der Waals surface area (Å²) in [6.45, 7) is 7.60. The number of nitrogens with one attached hydrogen (secondary N) is 1. The maximum atomic E-state index is 5.79. The lowest BCUT2D eigenvalue weighted by molar-refractivity contribution is 0.0899. The number of methoxy groups -OCH3 is 2. The number of hydrogen-bond acceptors (Lipinski definition) is 4. The van der Waals surface area contributed by atoms with Crippen molar-refractivity contribution in [2.45, 2.75) is 39.5 Å². The summed E-state index contributed by atoms with van der Waals surface area (Å²) in [5, 5.41) is 3.38. The van der Waals surface area contributed by atoms with Gasteiger partial charge in [0.2, 0.25) is 0 Å². The van der Waals surface area contributed by atoms with Crippen molar-refractivity contribution in [1.82, 2.24) is 5.32 Å². The van der Waals surface area contributed by atoms with Gasteiger partial charge in [0, 0.05) is 19.7 Å². The molecule has 1 atom stereocenters. The van der Waals surface area contributed by atoms with Crippen molar-refractivity contribution in [1.29, 1.82) is 0 Å². The maximum Gasteiger partial charge on any atom is 0.161 e. The number of hydrogen-bond donors (Lipinski definition) is 1. The van der Waals surface area contributed by atoms with Crippen LogP contribution in [0.15, 0.2) is 18.2 Å². The van der Waals surface area contributed by atoms with Gasteiger partial charge in [0.15, 0.2) is 11.5 Å². The highest BCUT2D eigenvalue weighted by atomic mass is 16.5. The van der Waals surface area contributed by atoms with Crippen LogP contribution in [0.4, 0.5) is 0 Å². The Morgan fingerprint density at radius 3 is 2.42 bits per heavy atom. The minimum absolute atomic E-state index is 0.00135. The quantitative estimate of drug-likeness (QED) is 0.786. The molecule has 1 aromatic carbocycles. The highest BCUT2D eigenvalue weighted by Gasteiger charge is 2.10. The van der Waals surface area contributed by atoms with Crippen LogP contribution < -0.4 is 14.8 Å². The molecule has 0 fully saturated rings. The molecule has 0 heterocycles. The zero-order valence-corrected chi connectivity index (χ0v) is 12.5. The lowest BCUT2D eigenvalue weighted by Gasteiger charge is -2.17. The van der Waals surface area contributed by atoms with Crippen LogP contribution in [0.25, 0.3) is 0 Å². The molecule has 1 rings (SSSR count). The molecular formula is C15H25NO3. The maximum absolute atomic E-state index is 5.79. The Bertz CT molecular complexity index is 380. The van der Waals surface area contributed by atoms with Gasteiger partial charge in [-0.2, -0.15) is 0 Å². The van der Waals surface area contributed by atoms with Crippen molar-refractivity contribution in [3.63, 3.8) is 0 Å². The molecule has 1 unspecified atom stereocenters. The van der Waals surface area contributed by atoms with Crippen molar-refractivity contribution in [2.24, 2.45) is 0 Å². The predicted octanol–water partition coefficient (Wildman–Crippen LogP) is 2.61. The third-order valence-corrected chi connectivity index (χ3v) is 2.67. The number of benzene rings is 1. The molecule has 1 aromatic rings. The van der Waals surface area contributed by atoms with Gasteiger partial charge in [-0.25, -0.2) is 0 Å². The molecule has 0 amide bonds. The second kappa shape index (κ2) is 8.02. The lowest BCUT2D eigenvalue weighted by Crippen LogP contribution is -2.22. The first kappa shape index (κ1) is 15.8. The molecule has 0 spiro atoms. The fraction of sp³-hybridized carbons (Fsp3) is 0.600. The van der Waals surface area contributed by atoms with E-state index in [1.54, 1.807) is 14.2 Å². The molecule has 0 saturated carbocycles. The minimum Gasteiger partial charge on any atom is -0.493 e. The van der Waals surface area contributed by atoms with Crippen LogP contribution in [0.5, 0.6) is 11.5 Å². The van der Waals surface area contributed by atoms with Gasteiger partial charge in [-0.05, 0) is 24.6 Å². The van der Waals surface area contributed by atoms with Crippen LogP contribution in [-0.2, 0) is 11.3 Å². The van der Waals surface area contributed by atoms with Gasteiger partial charge in [-0.15, -0.1) is 0 Å². The Morgan fingerprint density at radius 2 is 1.84 bits per heavy atom. The summed E-state index contributed by atoms with van der Waals surface area (Å²) in [4.78, 5) is 0. The van der Waals surface area contributed by atoms with E-state index in [9.17, 15) is 0 Å². The van der Waals surface area contributed by atoms with Crippen molar-refractivity contribution in [3.8, 4) is 11.5 Å². The van der Waals surface area contributed by atoms with Crippen molar-refractivity contribution < 1.29 is 14.2 Å². The van der Waals surface area contributed by atoms with Crippen molar-refractivity contribution in [3.05, 3.63) is 23.8 Å². The monoisotopic (exact) mass is 267 g/mol. The molecule has 0 aromatic heterocycles. The summed E-state index contributed by atoms with van der Waals surface area (Å²) in [5.41, 5.74) is 1.18. The normalized spacial score (nSPS) is 12.5. The van der Waals surface area contributed by atoms with Crippen LogP contribution in [-0.4, -0.2) is 33.0 Å². The molecule has 4 heteroatoms. The van der Waals surface area contributed by atoms with Gasteiger partial charge in [-0.3, -0.25) is 0 Å². The van der Waals surface area contributed by atoms with E-state index in [1.807, 2.05) is 25.1 Å². The third-order valence-electron chi connectivity index (χ3n) is 2.67. The fourth-order valence-electron chi connectivity index (χ4n) is 1.73. The van der Waals surface area contributed by atoms with Gasteiger partial charge in [0.25, 0.3) is 0 Å². The predicted molar refractivity (Wildman–Crippen MR) is 76.9 cm³/mol. The molecule has 0 aliphatic rings. The molecular weight excluding hydrogens is 242 g/mol. The first-order valence-corrected chi connectivity index (χ1v) is 6.62. The summed E-state index contributed by atoms with van der Waals surface area (Å²) in [7, 11) is 3.32.